The number of rotatable bonds is 27. The highest BCUT2D eigenvalue weighted by atomic mass is 32.1. The minimum atomic E-state index is -0.128. The average Bonchev–Trinajstić information content (AvgIpc) is 1.65. The van der Waals surface area contributed by atoms with Crippen LogP contribution in [0.25, 0.3) is 61.3 Å². The molecule has 0 aliphatic heterocycles. The SMILES string of the molecule is C=C(C)Nc1ccc(CC(=O)Nc2nc3ccc(C(C)(C)C)cc3s2)cc1.C=C(C)Nc1ccc(CC(=O)Nc2nc3ccc(C(C)=O)cc3s2)cc1.C=C(C)Nc1ccc(CC(=O)Nc2nc3ccc(CC)cc3s2)cc1.Cc1ccc(CC(=O)Nc2nc3ccc(C)cc3s2)cc1.Cc1ccc(CC(=O)Nc2nc3ccc(C)cc3s2)cc1.Cc1ccc2nc(NC(=O)Cc3ccc(N(C)C)cc3)sc2c1. The molecule has 9 N–H and O–H groups in total. The number of hydrogen-bond donors (Lipinski definition) is 9. The molecule has 0 saturated heterocycles. The number of thiazole rings is 6. The van der Waals surface area contributed by atoms with Gasteiger partial charge in [-0.2, -0.15) is 0 Å². The Morgan fingerprint density at radius 1 is 0.280 bits per heavy atom. The summed E-state index contributed by atoms with van der Waals surface area (Å²) in [6.45, 7) is 37.6. The summed E-state index contributed by atoms with van der Waals surface area (Å²) in [6.07, 6.45) is 2.99. The first-order valence-electron chi connectivity index (χ1n) is 46.4. The molecule has 0 unspecified atom stereocenters. The second-order valence-electron chi connectivity index (χ2n) is 36.0. The number of hydrogen-bond acceptors (Lipinski definition) is 23. The lowest BCUT2D eigenvalue weighted by molar-refractivity contribution is -0.116. The van der Waals surface area contributed by atoms with Gasteiger partial charge < -0.3 is 52.8 Å². The zero-order valence-electron chi connectivity index (χ0n) is 82.8. The van der Waals surface area contributed by atoms with Crippen LogP contribution in [0.4, 0.5) is 53.5 Å². The standard InChI is InChI=1S/C22H25N3OS.C20H19N3O2S.C20H21N3OS.C18H19N3OS.2C17H16N2OS/c1-14(2)23-17-9-6-15(7-10-17)12-20(26)25-21-24-18-11-8-16(22(3,4)5)13-19(18)27-21;1-12(2)21-16-7-4-14(5-8-16)10-19(25)23-20-22-17-9-6-15(13(3)24)11-18(17)26-20;1-4-14-7-10-17-18(11-14)25-20(22-17)23-19(24)12-15-5-8-16(9-6-15)21-13(2)3;1-12-4-9-15-16(10-12)23-18(19-15)20-17(22)11-13-5-7-14(8-6-13)21(2)3;2*1-11-3-6-13(7-4-11)10-16(20)19-17-18-14-8-5-12(2)9-15(14)21-17/h6-11,13,23H,1,12H2,2-5H3,(H,24,25,26);4-9,11,21H,1,10H2,2-3H3,(H,22,23,25);5-11,21H,2,4,12H2,1,3H3,(H,22,23,24);4-10H,11H2,1-3H3,(H,19,20,22);2*3-9H,10H2,1-2H3,(H,18,19,20). The lowest BCUT2D eigenvalue weighted by Gasteiger charge is -2.18. The van der Waals surface area contributed by atoms with Crippen molar-refractivity contribution in [1.29, 1.82) is 0 Å². The summed E-state index contributed by atoms with van der Waals surface area (Å²) in [4.78, 5) is 113. The first-order chi connectivity index (χ1) is 68.3. The van der Waals surface area contributed by atoms with E-state index in [0.717, 1.165) is 141 Å². The van der Waals surface area contributed by atoms with E-state index in [-0.39, 0.29) is 53.1 Å². The fourth-order valence-corrected chi connectivity index (χ4v) is 20.1. The Morgan fingerprint density at radius 2 is 0.510 bits per heavy atom. The number of anilines is 10. The predicted molar refractivity (Wildman–Crippen MR) is 602 cm³/mol. The number of nitrogens with zero attached hydrogens (tertiary/aromatic N) is 7. The van der Waals surface area contributed by atoms with Crippen molar-refractivity contribution in [1.82, 2.24) is 29.9 Å². The van der Waals surface area contributed by atoms with Crippen molar-refractivity contribution in [2.45, 2.75) is 140 Å². The molecule has 0 aliphatic rings. The zero-order valence-corrected chi connectivity index (χ0v) is 87.7. The average molecular weight is 2010 g/mol. The molecule has 143 heavy (non-hydrogen) atoms. The fraction of sp³-hybridized carbons (Fsp3) is 0.202. The van der Waals surface area contributed by atoms with Gasteiger partial charge in [0.15, 0.2) is 36.6 Å². The molecule has 0 fully saturated rings. The normalized spacial score (nSPS) is 10.8. The number of fused-ring (bicyclic) bond motifs is 6. The number of amides is 6. The first-order valence-corrected chi connectivity index (χ1v) is 51.3. The molecule has 0 radical (unpaired) electrons. The van der Waals surface area contributed by atoms with Crippen molar-refractivity contribution in [3.8, 4) is 0 Å². The second-order valence-corrected chi connectivity index (χ2v) is 42.2. The van der Waals surface area contributed by atoms with Crippen molar-refractivity contribution in [2.75, 3.05) is 66.8 Å². The summed E-state index contributed by atoms with van der Waals surface area (Å²) in [5, 5.41) is 30.5. The summed E-state index contributed by atoms with van der Waals surface area (Å²) in [7, 11) is 3.99. The molecule has 23 nitrogen and oxygen atoms in total. The third kappa shape index (κ3) is 32.5. The minimum absolute atomic E-state index is 0.00969. The maximum absolute atomic E-state index is 12.4. The molecule has 730 valence electrons. The van der Waals surface area contributed by atoms with Gasteiger partial charge in [-0.3, -0.25) is 33.6 Å². The van der Waals surface area contributed by atoms with E-state index in [9.17, 15) is 33.6 Å². The Kier molecular flexibility index (Phi) is 36.3. The Bertz CT molecular complexity index is 7480. The molecular formula is C114H116N16O7S6. The highest BCUT2D eigenvalue weighted by Crippen LogP contribution is 2.36. The molecule has 18 aromatic rings. The van der Waals surface area contributed by atoms with Crippen LogP contribution in [0.5, 0.6) is 0 Å². The quantitative estimate of drug-likeness (QED) is 0.0216. The Hall–Kier alpha value is -15.1. The topological polar surface area (TPSA) is 308 Å². The van der Waals surface area contributed by atoms with Crippen LogP contribution >= 0.6 is 68.0 Å². The van der Waals surface area contributed by atoms with E-state index in [1.54, 1.807) is 18.2 Å². The molecule has 6 heterocycles. The van der Waals surface area contributed by atoms with Gasteiger partial charge in [-0.05, 0) is 263 Å². The van der Waals surface area contributed by atoms with Gasteiger partial charge in [0, 0.05) is 59.5 Å². The fourth-order valence-electron chi connectivity index (χ4n) is 14.4. The smallest absolute Gasteiger partial charge is 0.230 e. The van der Waals surface area contributed by atoms with Gasteiger partial charge in [0.1, 0.15) is 0 Å². The molecular weight excluding hydrogens is 1900 g/mol. The summed E-state index contributed by atoms with van der Waals surface area (Å²) in [5.41, 5.74) is 27.1. The van der Waals surface area contributed by atoms with Crippen molar-refractivity contribution in [3.05, 3.63) is 370 Å². The molecule has 6 amide bonds. The zero-order chi connectivity index (χ0) is 102. The Morgan fingerprint density at radius 3 is 0.776 bits per heavy atom. The number of nitrogens with one attached hydrogen (secondary N) is 9. The largest absolute Gasteiger partial charge is 0.378 e. The highest BCUT2D eigenvalue weighted by molar-refractivity contribution is 7.24. The molecule has 0 saturated carbocycles. The number of ketones is 1. The Labute approximate surface area is 857 Å². The van der Waals surface area contributed by atoms with Crippen molar-refractivity contribution in [2.24, 2.45) is 0 Å². The molecule has 0 bridgehead atoms. The maximum Gasteiger partial charge on any atom is 0.230 e. The van der Waals surface area contributed by atoms with Crippen LogP contribution in [-0.4, -0.2) is 85.2 Å². The van der Waals surface area contributed by atoms with Crippen LogP contribution in [0.3, 0.4) is 0 Å². The third-order valence-corrected chi connectivity index (χ3v) is 27.4. The van der Waals surface area contributed by atoms with E-state index < -0.39 is 0 Å². The van der Waals surface area contributed by atoms with Gasteiger partial charge in [0.2, 0.25) is 35.4 Å². The van der Waals surface area contributed by atoms with Crippen molar-refractivity contribution < 1.29 is 33.6 Å². The van der Waals surface area contributed by atoms with Crippen molar-refractivity contribution >= 4 is 224 Å². The molecule has 18 rings (SSSR count). The van der Waals surface area contributed by atoms with E-state index in [1.807, 2.05) is 248 Å². The molecule has 29 heteroatoms. The van der Waals surface area contributed by atoms with Crippen LogP contribution in [0.2, 0.25) is 0 Å². The first kappa shape index (κ1) is 105. The van der Waals surface area contributed by atoms with E-state index in [1.165, 1.54) is 114 Å². The summed E-state index contributed by atoms with van der Waals surface area (Å²) >= 11 is 8.91. The van der Waals surface area contributed by atoms with Crippen LogP contribution in [-0.2, 0) is 79.1 Å². The second kappa shape index (κ2) is 49.3. The number of carbonyl (C=O) groups is 7. The van der Waals surface area contributed by atoms with E-state index in [4.69, 9.17) is 0 Å². The van der Waals surface area contributed by atoms with Gasteiger partial charge in [-0.1, -0.05) is 254 Å². The summed E-state index contributed by atoms with van der Waals surface area (Å²) in [6, 6.07) is 83.3. The van der Waals surface area contributed by atoms with Crippen LogP contribution < -0.4 is 52.8 Å². The number of aromatic nitrogens is 6. The predicted octanol–water partition coefficient (Wildman–Crippen LogP) is 27.4. The highest BCUT2D eigenvalue weighted by Gasteiger charge is 2.20. The maximum atomic E-state index is 12.4. The number of benzene rings is 12. The molecule has 0 aliphatic carbocycles. The third-order valence-electron chi connectivity index (χ3n) is 21.8. The van der Waals surface area contributed by atoms with E-state index >= 15 is 0 Å². The van der Waals surface area contributed by atoms with Gasteiger partial charge in [-0.15, -0.1) is 0 Å². The Balaban J connectivity index is 0.000000144. The minimum Gasteiger partial charge on any atom is -0.378 e. The summed E-state index contributed by atoms with van der Waals surface area (Å²) < 4.78 is 6.36. The van der Waals surface area contributed by atoms with Gasteiger partial charge in [0.05, 0.1) is 99.8 Å². The monoisotopic (exact) mass is 2010 g/mol. The lowest BCUT2D eigenvalue weighted by Crippen LogP contribution is -2.14. The molecule has 0 spiro atoms. The van der Waals surface area contributed by atoms with E-state index in [0.29, 0.717) is 68.5 Å². The number of carbonyl (C=O) groups excluding carboxylic acids is 7. The number of allylic oxidation sites excluding steroid dienone is 3. The van der Waals surface area contributed by atoms with E-state index in [2.05, 4.69) is 188 Å². The molecule has 12 aromatic carbocycles. The van der Waals surface area contributed by atoms with Crippen molar-refractivity contribution in [3.63, 3.8) is 0 Å². The van der Waals surface area contributed by atoms with Crippen LogP contribution in [0.1, 0.15) is 138 Å². The molecule has 6 aromatic heterocycles. The lowest BCUT2D eigenvalue weighted by atomic mass is 9.87. The van der Waals surface area contributed by atoms with Gasteiger partial charge in [-0.25, -0.2) is 29.9 Å². The van der Waals surface area contributed by atoms with Crippen LogP contribution in [0.15, 0.2) is 292 Å². The number of aryl methyl sites for hydroxylation is 6. The number of Topliss-reactive ketones (excluding diaryl/α,β-unsaturated/α-hetero) is 1. The van der Waals surface area contributed by atoms with Gasteiger partial charge >= 0.3 is 0 Å². The van der Waals surface area contributed by atoms with Crippen LogP contribution in [0, 0.1) is 34.6 Å². The van der Waals surface area contributed by atoms with Gasteiger partial charge in [0.25, 0.3) is 0 Å². The molecule has 0 atom stereocenters. The summed E-state index contributed by atoms with van der Waals surface area (Å²) in [5.74, 6) is -0.351.